The van der Waals surface area contributed by atoms with Crippen LogP contribution in [-0.4, -0.2) is 6.29 Å². The second-order valence-electron chi connectivity index (χ2n) is 4.55. The van der Waals surface area contributed by atoms with Crippen molar-refractivity contribution in [3.8, 4) is 0 Å². The van der Waals surface area contributed by atoms with E-state index in [4.69, 9.17) is 0 Å². The van der Waals surface area contributed by atoms with Crippen LogP contribution in [0, 0.1) is 6.92 Å². The summed E-state index contributed by atoms with van der Waals surface area (Å²) in [7, 11) is 0. The van der Waals surface area contributed by atoms with Crippen molar-refractivity contribution < 1.29 is 4.79 Å². The summed E-state index contributed by atoms with van der Waals surface area (Å²) in [5.74, 6) is 0. The van der Waals surface area contributed by atoms with Crippen molar-refractivity contribution in [1.82, 2.24) is 0 Å². The Morgan fingerprint density at radius 2 is 1.21 bits per heavy atom. The lowest BCUT2D eigenvalue weighted by atomic mass is 10.1. The van der Waals surface area contributed by atoms with E-state index in [9.17, 15) is 4.79 Å². The molecule has 0 atom stereocenters. The molecule has 0 aliphatic carbocycles. The van der Waals surface area contributed by atoms with Crippen LogP contribution in [0.5, 0.6) is 0 Å². The van der Waals surface area contributed by atoms with Crippen LogP contribution >= 0.6 is 0 Å². The molecule has 0 radical (unpaired) electrons. The van der Waals surface area contributed by atoms with Crippen LogP contribution in [0.15, 0.2) is 48.5 Å². The summed E-state index contributed by atoms with van der Waals surface area (Å²) >= 11 is 0. The molecule has 100 valence electrons. The van der Waals surface area contributed by atoms with Crippen LogP contribution in [0.1, 0.15) is 40.9 Å². The highest BCUT2D eigenvalue weighted by Crippen LogP contribution is 2.02. The minimum absolute atomic E-state index is 0.747. The number of hydrogen-bond donors (Lipinski definition) is 0. The van der Waals surface area contributed by atoms with Gasteiger partial charge in [0, 0.05) is 5.56 Å². The largest absolute Gasteiger partial charge is 0.298 e. The number of benzene rings is 2. The molecule has 0 N–H and O–H groups in total. The molecule has 0 spiro atoms. The molecular formula is C18H22O. The fraction of sp³-hybridized carbons (Fsp3) is 0.278. The second kappa shape index (κ2) is 8.25. The number of hydrogen-bond acceptors (Lipinski definition) is 1. The Balaban J connectivity index is 0.000000191. The number of carbonyl (C=O) groups is 1. The number of aryl methyl sites for hydroxylation is 3. The summed E-state index contributed by atoms with van der Waals surface area (Å²) in [6.07, 6.45) is 3.03. The third-order valence-corrected chi connectivity index (χ3v) is 3.05. The quantitative estimate of drug-likeness (QED) is 0.730. The molecule has 0 fully saturated rings. The summed E-state index contributed by atoms with van der Waals surface area (Å²) in [5.41, 5.74) is 4.77. The Kier molecular flexibility index (Phi) is 6.59. The first-order chi connectivity index (χ1) is 9.19. The molecule has 19 heavy (non-hydrogen) atoms. The zero-order valence-electron chi connectivity index (χ0n) is 12.0. The first kappa shape index (κ1) is 15.2. The van der Waals surface area contributed by atoms with E-state index in [0.717, 1.165) is 24.7 Å². The summed E-state index contributed by atoms with van der Waals surface area (Å²) in [5, 5.41) is 0. The molecule has 0 saturated carbocycles. The van der Waals surface area contributed by atoms with Crippen LogP contribution < -0.4 is 0 Å². The molecule has 0 unspecified atom stereocenters. The molecule has 0 heterocycles. The lowest BCUT2D eigenvalue weighted by Gasteiger charge is -1.94. The molecule has 0 aliphatic rings. The predicted molar refractivity (Wildman–Crippen MR) is 81.8 cm³/mol. The fourth-order valence-corrected chi connectivity index (χ4v) is 1.66. The first-order valence-electron chi connectivity index (χ1n) is 6.79. The van der Waals surface area contributed by atoms with E-state index in [1.54, 1.807) is 0 Å². The molecule has 0 aromatic heterocycles. The number of carbonyl (C=O) groups excluding carboxylic acids is 1. The molecule has 0 bridgehead atoms. The lowest BCUT2D eigenvalue weighted by molar-refractivity contribution is 0.112. The average molecular weight is 254 g/mol. The Hall–Kier alpha value is -1.89. The van der Waals surface area contributed by atoms with Crippen molar-refractivity contribution in [2.75, 3.05) is 0 Å². The minimum Gasteiger partial charge on any atom is -0.298 e. The van der Waals surface area contributed by atoms with Crippen molar-refractivity contribution in [3.63, 3.8) is 0 Å². The van der Waals surface area contributed by atoms with Gasteiger partial charge in [-0.25, -0.2) is 0 Å². The Bertz CT molecular complexity index is 480. The molecule has 0 aliphatic heterocycles. The van der Waals surface area contributed by atoms with E-state index >= 15 is 0 Å². The smallest absolute Gasteiger partial charge is 0.150 e. The maximum absolute atomic E-state index is 10.2. The van der Waals surface area contributed by atoms with E-state index in [2.05, 4.69) is 45.0 Å². The van der Waals surface area contributed by atoms with Crippen LogP contribution in [0.2, 0.25) is 0 Å². The van der Waals surface area contributed by atoms with Crippen LogP contribution in [-0.2, 0) is 12.8 Å². The number of aldehydes is 1. The van der Waals surface area contributed by atoms with Crippen molar-refractivity contribution in [3.05, 3.63) is 70.8 Å². The zero-order chi connectivity index (χ0) is 14.1. The van der Waals surface area contributed by atoms with E-state index in [1.165, 1.54) is 16.7 Å². The van der Waals surface area contributed by atoms with Crippen molar-refractivity contribution in [1.29, 1.82) is 0 Å². The fourth-order valence-electron chi connectivity index (χ4n) is 1.66. The van der Waals surface area contributed by atoms with Gasteiger partial charge in [0.1, 0.15) is 6.29 Å². The second-order valence-corrected chi connectivity index (χ2v) is 4.55. The zero-order valence-corrected chi connectivity index (χ0v) is 12.0. The average Bonchev–Trinajstić information content (AvgIpc) is 2.49. The van der Waals surface area contributed by atoms with Gasteiger partial charge in [-0.3, -0.25) is 4.79 Å². The van der Waals surface area contributed by atoms with Crippen molar-refractivity contribution in [2.24, 2.45) is 0 Å². The van der Waals surface area contributed by atoms with Gasteiger partial charge in [0.15, 0.2) is 0 Å². The third-order valence-electron chi connectivity index (χ3n) is 3.05. The topological polar surface area (TPSA) is 17.1 Å². The Morgan fingerprint density at radius 1 is 0.789 bits per heavy atom. The van der Waals surface area contributed by atoms with Gasteiger partial charge < -0.3 is 0 Å². The SMILES string of the molecule is CCc1ccc(C)cc1.CCc1ccc(C=O)cc1. The summed E-state index contributed by atoms with van der Waals surface area (Å²) in [6, 6.07) is 16.3. The van der Waals surface area contributed by atoms with E-state index in [1.807, 2.05) is 24.3 Å². The van der Waals surface area contributed by atoms with Crippen LogP contribution in [0.3, 0.4) is 0 Å². The predicted octanol–water partition coefficient (Wildman–Crippen LogP) is 4.62. The van der Waals surface area contributed by atoms with Gasteiger partial charge in [0.25, 0.3) is 0 Å². The summed E-state index contributed by atoms with van der Waals surface area (Å²) in [4.78, 5) is 10.2. The highest BCUT2D eigenvalue weighted by Gasteiger charge is 1.88. The van der Waals surface area contributed by atoms with Crippen molar-refractivity contribution >= 4 is 6.29 Å². The molecule has 0 amide bonds. The molecule has 2 rings (SSSR count). The monoisotopic (exact) mass is 254 g/mol. The maximum atomic E-state index is 10.2. The standard InChI is InChI=1S/C9H10O.C9H12/c1-2-8-3-5-9(7-10)6-4-8;1-3-9-6-4-8(2)5-7-9/h3-7H,2H2,1H3;4-7H,3H2,1-2H3. The molecule has 2 aromatic rings. The van der Waals surface area contributed by atoms with Gasteiger partial charge in [-0.1, -0.05) is 67.9 Å². The lowest BCUT2D eigenvalue weighted by Crippen LogP contribution is -1.81. The van der Waals surface area contributed by atoms with Gasteiger partial charge >= 0.3 is 0 Å². The van der Waals surface area contributed by atoms with E-state index in [0.29, 0.717) is 0 Å². The molecule has 1 heteroatoms. The highest BCUT2D eigenvalue weighted by molar-refractivity contribution is 5.74. The van der Waals surface area contributed by atoms with Crippen LogP contribution in [0.25, 0.3) is 0 Å². The number of rotatable bonds is 3. The van der Waals surface area contributed by atoms with Gasteiger partial charge in [0.05, 0.1) is 0 Å². The van der Waals surface area contributed by atoms with Gasteiger partial charge in [0.2, 0.25) is 0 Å². The first-order valence-corrected chi connectivity index (χ1v) is 6.79. The minimum atomic E-state index is 0.747. The van der Waals surface area contributed by atoms with Crippen LogP contribution in [0.4, 0.5) is 0 Å². The molecule has 0 saturated heterocycles. The molecule has 1 nitrogen and oxygen atoms in total. The van der Waals surface area contributed by atoms with Gasteiger partial charge in [-0.2, -0.15) is 0 Å². The summed E-state index contributed by atoms with van der Waals surface area (Å²) < 4.78 is 0. The van der Waals surface area contributed by atoms with Gasteiger partial charge in [-0.05, 0) is 30.9 Å². The van der Waals surface area contributed by atoms with E-state index < -0.39 is 0 Å². The summed E-state index contributed by atoms with van der Waals surface area (Å²) in [6.45, 7) is 6.38. The van der Waals surface area contributed by atoms with E-state index in [-0.39, 0.29) is 0 Å². The van der Waals surface area contributed by atoms with Gasteiger partial charge in [-0.15, -0.1) is 0 Å². The normalized spacial score (nSPS) is 9.42. The molecule has 2 aromatic carbocycles. The maximum Gasteiger partial charge on any atom is 0.150 e. The molecular weight excluding hydrogens is 232 g/mol. The van der Waals surface area contributed by atoms with Crippen molar-refractivity contribution in [2.45, 2.75) is 33.6 Å². The Labute approximate surface area is 116 Å². The highest BCUT2D eigenvalue weighted by atomic mass is 16.1. The third kappa shape index (κ3) is 5.52. The Morgan fingerprint density at radius 3 is 1.58 bits per heavy atom.